The van der Waals surface area contributed by atoms with Crippen LogP contribution in [0.25, 0.3) is 0 Å². The molecule has 7 nitrogen and oxygen atoms in total. The van der Waals surface area contributed by atoms with E-state index in [0.29, 0.717) is 37.7 Å². The summed E-state index contributed by atoms with van der Waals surface area (Å²) >= 11 is 0. The molecular formula is C30H29N3O4S. The molecule has 4 aromatic rings. The summed E-state index contributed by atoms with van der Waals surface area (Å²) in [5.74, 6) is 0.395. The molecule has 0 unspecified atom stereocenters. The van der Waals surface area contributed by atoms with E-state index < -0.39 is 10.0 Å². The minimum atomic E-state index is -3.62. The first-order chi connectivity index (χ1) is 18.6. The van der Waals surface area contributed by atoms with Crippen molar-refractivity contribution in [1.82, 2.24) is 4.31 Å². The van der Waals surface area contributed by atoms with Gasteiger partial charge in [0.2, 0.25) is 10.0 Å². The number of hydrogen-bond donors (Lipinski definition) is 0. The zero-order chi connectivity index (χ0) is 26.4. The Morgan fingerprint density at radius 3 is 1.97 bits per heavy atom. The summed E-state index contributed by atoms with van der Waals surface area (Å²) in [7, 11) is -2.11. The van der Waals surface area contributed by atoms with Crippen molar-refractivity contribution in [2.75, 3.05) is 38.3 Å². The first-order valence-electron chi connectivity index (χ1n) is 12.4. The van der Waals surface area contributed by atoms with Crippen molar-refractivity contribution in [1.29, 1.82) is 0 Å². The number of para-hydroxylation sites is 2. The molecule has 0 bridgehead atoms. The van der Waals surface area contributed by atoms with Gasteiger partial charge in [-0.25, -0.2) is 8.42 Å². The number of anilines is 3. The Balaban J connectivity index is 1.38. The lowest BCUT2D eigenvalue weighted by atomic mass is 10.1. The molecule has 0 atom stereocenters. The second-order valence-electron chi connectivity index (χ2n) is 8.71. The summed E-state index contributed by atoms with van der Waals surface area (Å²) in [4.78, 5) is 6.96. The third-order valence-corrected chi connectivity index (χ3v) is 8.19. The highest BCUT2D eigenvalue weighted by molar-refractivity contribution is 7.89. The molecule has 0 amide bonds. The van der Waals surface area contributed by atoms with E-state index in [1.807, 2.05) is 48.5 Å². The smallest absolute Gasteiger partial charge is 0.243 e. The molecular weight excluding hydrogens is 498 g/mol. The number of nitrogens with zero attached hydrogens (tertiary/aromatic N) is 3. The highest BCUT2D eigenvalue weighted by Gasteiger charge is 2.27. The molecule has 0 aliphatic carbocycles. The van der Waals surface area contributed by atoms with Gasteiger partial charge >= 0.3 is 0 Å². The standard InChI is InChI=1S/C30H29N3O4S/c1-36-30-22-28(38(34,35)32-18-20-37-21-19-32)16-17-29(30)31-23-24-12-14-27(15-13-24)33(25-8-4-2-5-9-25)26-10-6-3-7-11-26/h2-17,22-23H,18-21H2,1H3. The van der Waals surface area contributed by atoms with Crippen molar-refractivity contribution in [2.24, 2.45) is 4.99 Å². The molecule has 194 valence electrons. The summed E-state index contributed by atoms with van der Waals surface area (Å²) in [6.07, 6.45) is 1.74. The van der Waals surface area contributed by atoms with Crippen LogP contribution in [0, 0.1) is 0 Å². The molecule has 4 aromatic carbocycles. The number of ether oxygens (including phenoxy) is 2. The van der Waals surface area contributed by atoms with E-state index in [1.165, 1.54) is 17.5 Å². The fourth-order valence-corrected chi connectivity index (χ4v) is 5.74. The lowest BCUT2D eigenvalue weighted by molar-refractivity contribution is 0.0730. The van der Waals surface area contributed by atoms with Gasteiger partial charge in [0.25, 0.3) is 0 Å². The fraction of sp³-hybridized carbons (Fsp3) is 0.167. The zero-order valence-electron chi connectivity index (χ0n) is 21.1. The van der Waals surface area contributed by atoms with Crippen molar-refractivity contribution in [2.45, 2.75) is 4.90 Å². The predicted molar refractivity (Wildman–Crippen MR) is 151 cm³/mol. The summed E-state index contributed by atoms with van der Waals surface area (Å²) in [6, 6.07) is 33.3. The molecule has 8 heteroatoms. The lowest BCUT2D eigenvalue weighted by Crippen LogP contribution is -2.40. The van der Waals surface area contributed by atoms with Crippen molar-refractivity contribution in [3.8, 4) is 5.75 Å². The molecule has 1 fully saturated rings. The highest BCUT2D eigenvalue weighted by atomic mass is 32.2. The van der Waals surface area contributed by atoms with Crippen LogP contribution < -0.4 is 9.64 Å². The molecule has 1 aliphatic rings. The first-order valence-corrected chi connectivity index (χ1v) is 13.8. The van der Waals surface area contributed by atoms with Crippen LogP contribution >= 0.6 is 0 Å². The molecule has 5 rings (SSSR count). The van der Waals surface area contributed by atoms with E-state index in [0.717, 1.165) is 22.6 Å². The maximum absolute atomic E-state index is 13.0. The number of sulfonamides is 1. The average molecular weight is 528 g/mol. The largest absolute Gasteiger partial charge is 0.494 e. The van der Waals surface area contributed by atoms with Crippen molar-refractivity contribution in [3.63, 3.8) is 0 Å². The Bertz CT molecular complexity index is 1450. The van der Waals surface area contributed by atoms with Gasteiger partial charge in [0.1, 0.15) is 11.4 Å². The molecule has 1 saturated heterocycles. The summed E-state index contributed by atoms with van der Waals surface area (Å²) < 4.78 is 38.2. The first kappa shape index (κ1) is 25.7. The maximum atomic E-state index is 13.0. The van der Waals surface area contributed by atoms with Gasteiger partial charge in [-0.2, -0.15) is 4.31 Å². The monoisotopic (exact) mass is 527 g/mol. The molecule has 1 heterocycles. The van der Waals surface area contributed by atoms with Crippen molar-refractivity contribution < 1.29 is 17.9 Å². The van der Waals surface area contributed by atoms with Crippen LogP contribution in [0.15, 0.2) is 113 Å². The van der Waals surface area contributed by atoms with E-state index in [-0.39, 0.29) is 4.90 Å². The van der Waals surface area contributed by atoms with Gasteiger partial charge in [-0.05, 0) is 54.1 Å². The molecule has 0 aromatic heterocycles. The van der Waals surface area contributed by atoms with Crippen LogP contribution in [0.1, 0.15) is 5.56 Å². The fourth-order valence-electron chi connectivity index (χ4n) is 4.32. The summed E-state index contributed by atoms with van der Waals surface area (Å²) in [5.41, 5.74) is 4.61. The van der Waals surface area contributed by atoms with Crippen LogP contribution in [0.5, 0.6) is 5.75 Å². The van der Waals surface area contributed by atoms with Crippen LogP contribution in [0.2, 0.25) is 0 Å². The Kier molecular flexibility index (Phi) is 7.83. The van der Waals surface area contributed by atoms with Gasteiger partial charge in [0.05, 0.1) is 25.2 Å². The Morgan fingerprint density at radius 1 is 0.816 bits per heavy atom. The quantitative estimate of drug-likeness (QED) is 0.265. The second kappa shape index (κ2) is 11.6. The van der Waals surface area contributed by atoms with E-state index in [4.69, 9.17) is 9.47 Å². The highest BCUT2D eigenvalue weighted by Crippen LogP contribution is 2.34. The van der Waals surface area contributed by atoms with Gasteiger partial charge in [0.15, 0.2) is 0 Å². The van der Waals surface area contributed by atoms with E-state index in [1.54, 1.807) is 18.3 Å². The SMILES string of the molecule is COc1cc(S(=O)(=O)N2CCOCC2)ccc1N=Cc1ccc(N(c2ccccc2)c2ccccc2)cc1. The number of rotatable bonds is 8. The van der Waals surface area contributed by atoms with Crippen LogP contribution in [-0.4, -0.2) is 52.4 Å². The van der Waals surface area contributed by atoms with Crippen molar-refractivity contribution in [3.05, 3.63) is 109 Å². The van der Waals surface area contributed by atoms with Crippen LogP contribution in [0.3, 0.4) is 0 Å². The summed E-state index contributed by atoms with van der Waals surface area (Å²) in [5, 5.41) is 0. The van der Waals surface area contributed by atoms with Gasteiger partial charge in [-0.15, -0.1) is 0 Å². The lowest BCUT2D eigenvalue weighted by Gasteiger charge is -2.26. The minimum absolute atomic E-state index is 0.182. The van der Waals surface area contributed by atoms with Gasteiger partial charge in [0, 0.05) is 42.4 Å². The van der Waals surface area contributed by atoms with Gasteiger partial charge in [-0.3, -0.25) is 4.99 Å². The number of benzene rings is 4. The van der Waals surface area contributed by atoms with Crippen molar-refractivity contribution >= 4 is 39.0 Å². The predicted octanol–water partition coefficient (Wildman–Crippen LogP) is 5.94. The van der Waals surface area contributed by atoms with Crippen LogP contribution in [0.4, 0.5) is 22.7 Å². The summed E-state index contributed by atoms with van der Waals surface area (Å²) in [6.45, 7) is 1.47. The number of hydrogen-bond acceptors (Lipinski definition) is 6. The molecule has 0 saturated carbocycles. The Morgan fingerprint density at radius 2 is 1.39 bits per heavy atom. The Hall–Kier alpha value is -3.98. The van der Waals surface area contributed by atoms with E-state index in [9.17, 15) is 8.42 Å². The molecule has 0 N–H and O–H groups in total. The van der Waals surface area contributed by atoms with E-state index in [2.05, 4.69) is 46.3 Å². The molecule has 38 heavy (non-hydrogen) atoms. The average Bonchev–Trinajstić information content (AvgIpc) is 2.98. The van der Waals surface area contributed by atoms with Gasteiger partial charge in [-0.1, -0.05) is 48.5 Å². The molecule has 0 radical (unpaired) electrons. The van der Waals surface area contributed by atoms with Crippen LogP contribution in [-0.2, 0) is 14.8 Å². The number of methoxy groups -OCH3 is 1. The third kappa shape index (κ3) is 5.62. The minimum Gasteiger partial charge on any atom is -0.494 e. The third-order valence-electron chi connectivity index (χ3n) is 6.29. The van der Waals surface area contributed by atoms with E-state index >= 15 is 0 Å². The number of morpholine rings is 1. The molecule has 1 aliphatic heterocycles. The molecule has 0 spiro atoms. The topological polar surface area (TPSA) is 71.4 Å². The second-order valence-corrected chi connectivity index (χ2v) is 10.6. The zero-order valence-corrected chi connectivity index (χ0v) is 21.9. The number of aliphatic imine (C=N–C) groups is 1. The van der Waals surface area contributed by atoms with Gasteiger partial charge < -0.3 is 14.4 Å². The maximum Gasteiger partial charge on any atom is 0.243 e. The normalized spacial score (nSPS) is 14.4. The Labute approximate surface area is 223 Å².